The molecule has 0 amide bonds. The molecular formula is C9H8ClF2NO3. The number of hydrogen-bond acceptors (Lipinski definition) is 4. The summed E-state index contributed by atoms with van der Waals surface area (Å²) in [4.78, 5) is 14.2. The maximum absolute atomic E-state index is 12.3. The molecule has 0 radical (unpaired) electrons. The molecule has 0 atom stereocenters. The molecule has 0 spiro atoms. The first kappa shape index (κ1) is 12.6. The maximum Gasteiger partial charge on any atom is 0.310 e. The molecule has 0 unspecified atom stereocenters. The molecule has 1 rings (SSSR count). The highest BCUT2D eigenvalue weighted by atomic mass is 35.5. The molecule has 88 valence electrons. The molecule has 0 aliphatic heterocycles. The van der Waals surface area contributed by atoms with Crippen molar-refractivity contribution < 1.29 is 23.4 Å². The minimum atomic E-state index is -2.93. The van der Waals surface area contributed by atoms with E-state index in [1.807, 2.05) is 0 Å². The lowest BCUT2D eigenvalue weighted by molar-refractivity contribution is -0.139. The van der Waals surface area contributed by atoms with Gasteiger partial charge in [-0.3, -0.25) is 4.79 Å². The second-order valence-corrected chi connectivity index (χ2v) is 3.25. The number of methoxy groups -OCH3 is 1. The van der Waals surface area contributed by atoms with E-state index in [1.54, 1.807) is 0 Å². The Morgan fingerprint density at radius 3 is 2.81 bits per heavy atom. The number of nitrogens with zero attached hydrogens (tertiary/aromatic N) is 1. The van der Waals surface area contributed by atoms with Gasteiger partial charge >= 0.3 is 5.97 Å². The van der Waals surface area contributed by atoms with Gasteiger partial charge in [0.15, 0.2) is 0 Å². The van der Waals surface area contributed by atoms with Crippen LogP contribution in [0.4, 0.5) is 8.78 Å². The second-order valence-electron chi connectivity index (χ2n) is 2.90. The molecule has 1 N–H and O–H groups in total. The topological polar surface area (TPSA) is 59.4 Å². The summed E-state index contributed by atoms with van der Waals surface area (Å²) in [5, 5.41) is 8.97. The first-order valence-corrected chi connectivity index (χ1v) is 4.56. The molecule has 0 aliphatic carbocycles. The number of carbonyl (C=O) groups is 1. The van der Waals surface area contributed by atoms with Gasteiger partial charge in [0.1, 0.15) is 16.6 Å². The van der Waals surface area contributed by atoms with E-state index >= 15 is 0 Å². The zero-order valence-corrected chi connectivity index (χ0v) is 8.96. The Kier molecular flexibility index (Phi) is 4.00. The first-order valence-electron chi connectivity index (χ1n) is 4.19. The predicted molar refractivity (Wildman–Crippen MR) is 51.6 cm³/mol. The summed E-state index contributed by atoms with van der Waals surface area (Å²) in [6.07, 6.45) is -3.16. The quantitative estimate of drug-likeness (QED) is 0.660. The monoisotopic (exact) mass is 251 g/mol. The molecule has 0 aliphatic rings. The molecule has 1 aromatic rings. The van der Waals surface area contributed by atoms with Crippen LogP contribution in [0.2, 0.25) is 5.15 Å². The minimum Gasteiger partial charge on any atom is -0.506 e. The fraction of sp³-hybridized carbons (Fsp3) is 0.333. The van der Waals surface area contributed by atoms with Crippen molar-refractivity contribution in [2.75, 3.05) is 7.11 Å². The summed E-state index contributed by atoms with van der Waals surface area (Å²) in [7, 11) is 1.18. The van der Waals surface area contributed by atoms with Crippen molar-refractivity contribution in [2.45, 2.75) is 12.8 Å². The number of hydrogen-bond donors (Lipinski definition) is 1. The number of aromatic nitrogens is 1. The van der Waals surface area contributed by atoms with Crippen LogP contribution in [0.25, 0.3) is 0 Å². The van der Waals surface area contributed by atoms with E-state index in [-0.39, 0.29) is 17.1 Å². The number of pyridine rings is 1. The van der Waals surface area contributed by atoms with Gasteiger partial charge in [-0.2, -0.15) is 0 Å². The summed E-state index contributed by atoms with van der Waals surface area (Å²) in [6, 6.07) is 0.980. The summed E-state index contributed by atoms with van der Waals surface area (Å²) in [5.74, 6) is -1.30. The van der Waals surface area contributed by atoms with Gasteiger partial charge in [0.25, 0.3) is 6.43 Å². The highest BCUT2D eigenvalue weighted by Crippen LogP contribution is 2.30. The maximum atomic E-state index is 12.3. The Hall–Kier alpha value is -1.43. The van der Waals surface area contributed by atoms with Crippen molar-refractivity contribution in [2.24, 2.45) is 0 Å². The average Bonchev–Trinajstić information content (AvgIpc) is 2.22. The Morgan fingerprint density at radius 2 is 2.31 bits per heavy atom. The van der Waals surface area contributed by atoms with Crippen molar-refractivity contribution >= 4 is 17.6 Å². The summed E-state index contributed by atoms with van der Waals surface area (Å²) in [6.45, 7) is 0. The van der Waals surface area contributed by atoms with Gasteiger partial charge in [0, 0.05) is 5.56 Å². The van der Waals surface area contributed by atoms with E-state index in [0.717, 1.165) is 6.07 Å². The third-order valence-corrected chi connectivity index (χ3v) is 2.15. The lowest BCUT2D eigenvalue weighted by Gasteiger charge is -2.07. The SMILES string of the molecule is COC(=O)Cc1cc(O)c(C(F)F)nc1Cl. The molecule has 4 nitrogen and oxygen atoms in total. The van der Waals surface area contributed by atoms with Crippen LogP contribution in [0.15, 0.2) is 6.07 Å². The third-order valence-electron chi connectivity index (χ3n) is 1.83. The average molecular weight is 252 g/mol. The van der Waals surface area contributed by atoms with Crippen LogP contribution in [0, 0.1) is 0 Å². The van der Waals surface area contributed by atoms with Crippen molar-refractivity contribution in [3.05, 3.63) is 22.5 Å². The molecule has 0 aromatic carbocycles. The minimum absolute atomic E-state index is 0.135. The zero-order chi connectivity index (χ0) is 12.3. The van der Waals surface area contributed by atoms with Crippen LogP contribution in [-0.2, 0) is 16.0 Å². The van der Waals surface area contributed by atoms with Crippen LogP contribution < -0.4 is 0 Å². The number of carbonyl (C=O) groups excluding carboxylic acids is 1. The van der Waals surface area contributed by atoms with Crippen LogP contribution in [-0.4, -0.2) is 23.2 Å². The number of alkyl halides is 2. The normalized spacial score (nSPS) is 10.6. The van der Waals surface area contributed by atoms with Crippen molar-refractivity contribution in [1.82, 2.24) is 4.98 Å². The van der Waals surface area contributed by atoms with E-state index in [2.05, 4.69) is 9.72 Å². The highest BCUT2D eigenvalue weighted by molar-refractivity contribution is 6.30. The molecule has 7 heteroatoms. The lowest BCUT2D eigenvalue weighted by Crippen LogP contribution is -2.06. The molecule has 0 saturated heterocycles. The summed E-state index contributed by atoms with van der Waals surface area (Å²) in [5.41, 5.74) is -0.672. The standard InChI is InChI=1S/C9H8ClF2NO3/c1-16-6(15)3-4-2-5(14)7(9(11)12)13-8(4)10/h2,9,14H,3H2,1H3. The zero-order valence-electron chi connectivity index (χ0n) is 8.21. The van der Waals surface area contributed by atoms with E-state index in [1.165, 1.54) is 7.11 Å². The van der Waals surface area contributed by atoms with E-state index < -0.39 is 23.8 Å². The van der Waals surface area contributed by atoms with Crippen LogP contribution in [0.3, 0.4) is 0 Å². The Labute approximate surface area is 94.8 Å². The van der Waals surface area contributed by atoms with Gasteiger partial charge in [0.05, 0.1) is 13.5 Å². The van der Waals surface area contributed by atoms with Gasteiger partial charge in [-0.1, -0.05) is 11.6 Å². The van der Waals surface area contributed by atoms with E-state index in [0.29, 0.717) is 0 Å². The summed E-state index contributed by atoms with van der Waals surface area (Å²) >= 11 is 5.58. The molecule has 1 heterocycles. The Balaban J connectivity index is 3.05. The number of esters is 1. The first-order chi connectivity index (χ1) is 7.45. The molecule has 1 aromatic heterocycles. The molecule has 0 fully saturated rings. The van der Waals surface area contributed by atoms with Crippen molar-refractivity contribution in [1.29, 1.82) is 0 Å². The van der Waals surface area contributed by atoms with Gasteiger partial charge in [0.2, 0.25) is 0 Å². The number of halogens is 3. The number of ether oxygens (including phenoxy) is 1. The van der Waals surface area contributed by atoms with Crippen LogP contribution in [0.1, 0.15) is 17.7 Å². The Morgan fingerprint density at radius 1 is 1.69 bits per heavy atom. The van der Waals surface area contributed by atoms with E-state index in [9.17, 15) is 18.7 Å². The van der Waals surface area contributed by atoms with Crippen LogP contribution in [0.5, 0.6) is 5.75 Å². The van der Waals surface area contributed by atoms with Gasteiger partial charge in [-0.05, 0) is 6.07 Å². The van der Waals surface area contributed by atoms with Crippen LogP contribution >= 0.6 is 11.6 Å². The molecule has 0 bridgehead atoms. The highest BCUT2D eigenvalue weighted by Gasteiger charge is 2.19. The van der Waals surface area contributed by atoms with Gasteiger partial charge in [-0.15, -0.1) is 0 Å². The fourth-order valence-corrected chi connectivity index (χ4v) is 1.26. The Bertz CT molecular complexity index is 412. The second kappa shape index (κ2) is 5.07. The number of aromatic hydroxyl groups is 1. The largest absolute Gasteiger partial charge is 0.506 e. The number of rotatable bonds is 3. The molecule has 16 heavy (non-hydrogen) atoms. The predicted octanol–water partition coefficient (Wildman–Crippen LogP) is 2.09. The summed E-state index contributed by atoms with van der Waals surface area (Å²) < 4.78 is 29.0. The molecule has 0 saturated carbocycles. The van der Waals surface area contributed by atoms with E-state index in [4.69, 9.17) is 11.6 Å². The lowest BCUT2D eigenvalue weighted by atomic mass is 10.2. The van der Waals surface area contributed by atoms with Gasteiger partial charge < -0.3 is 9.84 Å². The molecular weight excluding hydrogens is 244 g/mol. The smallest absolute Gasteiger partial charge is 0.310 e. The van der Waals surface area contributed by atoms with Crippen molar-refractivity contribution in [3.63, 3.8) is 0 Å². The fourth-order valence-electron chi connectivity index (χ4n) is 1.05. The van der Waals surface area contributed by atoms with Crippen molar-refractivity contribution in [3.8, 4) is 5.75 Å². The van der Waals surface area contributed by atoms with Gasteiger partial charge in [-0.25, -0.2) is 13.8 Å². The third kappa shape index (κ3) is 2.79.